The third-order valence-corrected chi connectivity index (χ3v) is 3.39. The molecule has 0 saturated heterocycles. The highest BCUT2D eigenvalue weighted by Crippen LogP contribution is 2.39. The smallest absolute Gasteiger partial charge is 0.310 e. The lowest BCUT2D eigenvalue weighted by atomic mass is 9.83. The first kappa shape index (κ1) is 15.0. The second-order valence-corrected chi connectivity index (χ2v) is 6.30. The number of aliphatic carboxylic acids is 1. The van der Waals surface area contributed by atoms with Crippen molar-refractivity contribution < 1.29 is 14.6 Å². The van der Waals surface area contributed by atoms with Crippen molar-refractivity contribution in [1.82, 2.24) is 0 Å². The van der Waals surface area contributed by atoms with Crippen LogP contribution in [0.25, 0.3) is 0 Å². The van der Waals surface area contributed by atoms with Gasteiger partial charge in [-0.1, -0.05) is 36.7 Å². The molecule has 4 heteroatoms. The highest BCUT2D eigenvalue weighted by atomic mass is 79.9. The van der Waals surface area contributed by atoms with E-state index in [0.717, 1.165) is 10.0 Å². The summed E-state index contributed by atoms with van der Waals surface area (Å²) in [5, 5.41) is 9.17. The molecule has 1 atom stereocenters. The van der Waals surface area contributed by atoms with Crippen molar-refractivity contribution in [2.24, 2.45) is 0 Å². The quantitative estimate of drug-likeness (QED) is 0.919. The number of halogens is 1. The summed E-state index contributed by atoms with van der Waals surface area (Å²) in [4.78, 5) is 11.2. The second kappa shape index (κ2) is 5.31. The molecule has 0 bridgehead atoms. The molecule has 1 N–H and O–H groups in total. The average molecular weight is 315 g/mol. The molecule has 0 fully saturated rings. The van der Waals surface area contributed by atoms with Crippen molar-refractivity contribution in [3.63, 3.8) is 0 Å². The largest absolute Gasteiger partial charge is 0.496 e. The van der Waals surface area contributed by atoms with Crippen LogP contribution in [-0.2, 0) is 10.2 Å². The molecule has 0 saturated carbocycles. The molecule has 1 aromatic carbocycles. The Morgan fingerprint density at radius 2 is 1.94 bits per heavy atom. The van der Waals surface area contributed by atoms with Crippen LogP contribution in [0.15, 0.2) is 16.6 Å². The Bertz CT molecular complexity index is 461. The third kappa shape index (κ3) is 3.05. The Morgan fingerprint density at radius 3 is 2.33 bits per heavy atom. The van der Waals surface area contributed by atoms with Gasteiger partial charge < -0.3 is 9.84 Å². The summed E-state index contributed by atoms with van der Waals surface area (Å²) < 4.78 is 6.32. The Morgan fingerprint density at radius 1 is 1.39 bits per heavy atom. The summed E-state index contributed by atoms with van der Waals surface area (Å²) in [6.45, 7) is 7.89. The van der Waals surface area contributed by atoms with Crippen molar-refractivity contribution in [2.45, 2.75) is 39.0 Å². The van der Waals surface area contributed by atoms with Crippen molar-refractivity contribution in [2.75, 3.05) is 7.11 Å². The van der Waals surface area contributed by atoms with E-state index >= 15 is 0 Å². The number of carbonyl (C=O) groups is 1. The van der Waals surface area contributed by atoms with E-state index < -0.39 is 11.9 Å². The summed E-state index contributed by atoms with van der Waals surface area (Å²) in [7, 11) is 1.58. The molecule has 0 heterocycles. The SMILES string of the molecule is COc1c(C(C)C(=O)O)cc(Br)cc1C(C)(C)C. The molecular weight excluding hydrogens is 296 g/mol. The van der Waals surface area contributed by atoms with Crippen molar-refractivity contribution in [3.05, 3.63) is 27.7 Å². The average Bonchev–Trinajstić information content (AvgIpc) is 2.25. The van der Waals surface area contributed by atoms with Gasteiger partial charge in [0.25, 0.3) is 0 Å². The number of methoxy groups -OCH3 is 1. The third-order valence-electron chi connectivity index (χ3n) is 2.93. The fourth-order valence-electron chi connectivity index (χ4n) is 1.85. The van der Waals surface area contributed by atoms with Gasteiger partial charge in [0.2, 0.25) is 0 Å². The molecule has 18 heavy (non-hydrogen) atoms. The Balaban J connectivity index is 3.52. The Hall–Kier alpha value is -1.03. The molecular formula is C14H19BrO3. The van der Waals surface area contributed by atoms with Gasteiger partial charge in [-0.05, 0) is 24.5 Å². The lowest BCUT2D eigenvalue weighted by Gasteiger charge is -2.25. The molecule has 0 spiro atoms. The maximum atomic E-state index is 11.2. The Labute approximate surface area is 116 Å². The summed E-state index contributed by atoms with van der Waals surface area (Å²) in [6, 6.07) is 3.80. The number of ether oxygens (including phenoxy) is 1. The number of hydrogen-bond acceptors (Lipinski definition) is 2. The molecule has 0 aromatic heterocycles. The van der Waals surface area contributed by atoms with E-state index in [-0.39, 0.29) is 5.41 Å². The molecule has 1 unspecified atom stereocenters. The van der Waals surface area contributed by atoms with Crippen LogP contribution < -0.4 is 4.74 Å². The maximum absolute atomic E-state index is 11.2. The van der Waals surface area contributed by atoms with Gasteiger partial charge in [-0.2, -0.15) is 0 Å². The van der Waals surface area contributed by atoms with Gasteiger partial charge in [0, 0.05) is 15.6 Å². The number of carboxylic acids is 1. The number of hydrogen-bond donors (Lipinski definition) is 1. The van der Waals surface area contributed by atoms with E-state index in [2.05, 4.69) is 36.7 Å². The fraction of sp³-hybridized carbons (Fsp3) is 0.500. The standard InChI is InChI=1S/C14H19BrO3/c1-8(13(16)17)10-6-9(15)7-11(12(10)18-5)14(2,3)4/h6-8H,1-5H3,(H,16,17). The molecule has 0 aliphatic heterocycles. The van der Waals surface area contributed by atoms with Crippen molar-refractivity contribution in [3.8, 4) is 5.75 Å². The van der Waals surface area contributed by atoms with Gasteiger partial charge in [-0.3, -0.25) is 4.79 Å². The number of carboxylic acid groups (broad SMARTS) is 1. The van der Waals surface area contributed by atoms with Crippen LogP contribution >= 0.6 is 15.9 Å². The summed E-state index contributed by atoms with van der Waals surface area (Å²) in [5.41, 5.74) is 1.59. The van der Waals surface area contributed by atoms with Gasteiger partial charge in [0.05, 0.1) is 13.0 Å². The predicted molar refractivity (Wildman–Crippen MR) is 75.4 cm³/mol. The number of rotatable bonds is 3. The molecule has 1 aromatic rings. The Kier molecular flexibility index (Phi) is 4.43. The zero-order valence-corrected chi connectivity index (χ0v) is 13.0. The topological polar surface area (TPSA) is 46.5 Å². The van der Waals surface area contributed by atoms with Crippen LogP contribution in [0, 0.1) is 0 Å². The van der Waals surface area contributed by atoms with Gasteiger partial charge >= 0.3 is 5.97 Å². The van der Waals surface area contributed by atoms with Crippen LogP contribution in [0.4, 0.5) is 0 Å². The van der Waals surface area contributed by atoms with E-state index in [1.165, 1.54) is 0 Å². The lowest BCUT2D eigenvalue weighted by molar-refractivity contribution is -0.138. The minimum atomic E-state index is -0.855. The number of benzene rings is 1. The first-order chi connectivity index (χ1) is 8.18. The molecule has 0 radical (unpaired) electrons. The lowest BCUT2D eigenvalue weighted by Crippen LogP contribution is -2.16. The zero-order valence-electron chi connectivity index (χ0n) is 11.4. The molecule has 100 valence electrons. The molecule has 0 aliphatic carbocycles. The van der Waals surface area contributed by atoms with E-state index in [9.17, 15) is 4.79 Å². The fourth-order valence-corrected chi connectivity index (χ4v) is 2.33. The van der Waals surface area contributed by atoms with Crippen LogP contribution in [0.3, 0.4) is 0 Å². The summed E-state index contributed by atoms with van der Waals surface area (Å²) >= 11 is 3.44. The monoisotopic (exact) mass is 314 g/mol. The molecule has 0 aliphatic rings. The van der Waals surface area contributed by atoms with Crippen LogP contribution in [-0.4, -0.2) is 18.2 Å². The van der Waals surface area contributed by atoms with Crippen LogP contribution in [0.1, 0.15) is 44.7 Å². The zero-order chi connectivity index (χ0) is 14.1. The predicted octanol–water partition coefficient (Wildman–Crippen LogP) is 3.94. The van der Waals surface area contributed by atoms with Gasteiger partial charge in [0.15, 0.2) is 0 Å². The van der Waals surface area contributed by atoms with Crippen LogP contribution in [0.2, 0.25) is 0 Å². The molecule has 3 nitrogen and oxygen atoms in total. The normalized spacial score (nSPS) is 13.2. The first-order valence-electron chi connectivity index (χ1n) is 5.79. The van der Waals surface area contributed by atoms with Crippen molar-refractivity contribution in [1.29, 1.82) is 0 Å². The van der Waals surface area contributed by atoms with Crippen LogP contribution in [0.5, 0.6) is 5.75 Å². The minimum absolute atomic E-state index is 0.109. The first-order valence-corrected chi connectivity index (χ1v) is 6.58. The van der Waals surface area contributed by atoms with Gasteiger partial charge in [-0.25, -0.2) is 0 Å². The highest BCUT2D eigenvalue weighted by molar-refractivity contribution is 9.10. The molecule has 0 amide bonds. The van der Waals surface area contributed by atoms with Crippen molar-refractivity contribution >= 4 is 21.9 Å². The van der Waals surface area contributed by atoms with E-state index in [1.807, 2.05) is 12.1 Å². The minimum Gasteiger partial charge on any atom is -0.496 e. The van der Waals surface area contributed by atoms with E-state index in [4.69, 9.17) is 9.84 Å². The van der Waals surface area contributed by atoms with E-state index in [1.54, 1.807) is 14.0 Å². The second-order valence-electron chi connectivity index (χ2n) is 5.39. The summed E-state index contributed by atoms with van der Waals surface area (Å²) in [5.74, 6) is -0.787. The summed E-state index contributed by atoms with van der Waals surface area (Å²) in [6.07, 6.45) is 0. The van der Waals surface area contributed by atoms with E-state index in [0.29, 0.717) is 11.3 Å². The molecule has 1 rings (SSSR count). The van der Waals surface area contributed by atoms with Gasteiger partial charge in [0.1, 0.15) is 5.75 Å². The highest BCUT2D eigenvalue weighted by Gasteiger charge is 2.26. The van der Waals surface area contributed by atoms with Gasteiger partial charge in [-0.15, -0.1) is 0 Å². The maximum Gasteiger partial charge on any atom is 0.310 e.